The first-order valence-electron chi connectivity index (χ1n) is 9.76. The van der Waals surface area contributed by atoms with Gasteiger partial charge in [-0.05, 0) is 31.9 Å². The number of carbonyl (C=O) groups is 2. The van der Waals surface area contributed by atoms with Crippen LogP contribution in [0.25, 0.3) is 6.08 Å². The van der Waals surface area contributed by atoms with E-state index in [1.165, 1.54) is 14.0 Å². The summed E-state index contributed by atoms with van der Waals surface area (Å²) in [4.78, 5) is 28.2. The van der Waals surface area contributed by atoms with Crippen LogP contribution in [0.1, 0.15) is 44.7 Å². The van der Waals surface area contributed by atoms with Crippen molar-refractivity contribution in [1.29, 1.82) is 0 Å². The number of likely N-dealkylation sites (tertiary alicyclic amines) is 1. The maximum absolute atomic E-state index is 12.5. The number of allylic oxidation sites excluding steroid dienone is 1. The number of carbonyl (C=O) groups excluding carboxylic acids is 2. The summed E-state index contributed by atoms with van der Waals surface area (Å²) < 4.78 is 5.01. The minimum atomic E-state index is -0.276. The van der Waals surface area contributed by atoms with Gasteiger partial charge in [0, 0.05) is 32.5 Å². The lowest BCUT2D eigenvalue weighted by atomic mass is 9.74. The van der Waals surface area contributed by atoms with Crippen LogP contribution in [0.5, 0.6) is 0 Å². The fourth-order valence-electron chi connectivity index (χ4n) is 4.09. The van der Waals surface area contributed by atoms with Crippen LogP contribution in [-0.4, -0.2) is 71.7 Å². The Labute approximate surface area is 167 Å². The zero-order chi connectivity index (χ0) is 20.8. The number of rotatable bonds is 8. The molecule has 1 aromatic rings. The average Bonchev–Trinajstić information content (AvgIpc) is 2.62. The number of amides is 2. The van der Waals surface area contributed by atoms with E-state index in [0.29, 0.717) is 6.54 Å². The van der Waals surface area contributed by atoms with E-state index >= 15 is 0 Å². The van der Waals surface area contributed by atoms with Gasteiger partial charge in [-0.3, -0.25) is 9.59 Å². The van der Waals surface area contributed by atoms with Gasteiger partial charge in [-0.25, -0.2) is 0 Å². The predicted molar refractivity (Wildman–Crippen MR) is 110 cm³/mol. The van der Waals surface area contributed by atoms with Crippen molar-refractivity contribution < 1.29 is 19.4 Å². The summed E-state index contributed by atoms with van der Waals surface area (Å²) in [5.41, 5.74) is 2.17. The molecule has 2 rings (SSSR count). The Balaban J connectivity index is 2.32. The van der Waals surface area contributed by atoms with Gasteiger partial charge in [0.05, 0.1) is 18.7 Å². The first-order valence-corrected chi connectivity index (χ1v) is 9.76. The summed E-state index contributed by atoms with van der Waals surface area (Å²) in [6.45, 7) is 7.71. The van der Waals surface area contributed by atoms with E-state index in [2.05, 4.69) is 0 Å². The van der Waals surface area contributed by atoms with Crippen molar-refractivity contribution in [3.05, 3.63) is 41.5 Å². The standard InChI is InChI=1S/C22H32N2O4/c1-6-7-17-8-10-18(11-9-17)22-19(24(16(4)26)20(22)13-25)12-23(15(2)3)21(27)14-28-5/h6-11,15,19-20,22,25H,12-14H2,1-5H3/b7-6+/t19-,20-,22-/m1/s1. The quantitative estimate of drug-likeness (QED) is 0.742. The lowest BCUT2D eigenvalue weighted by Gasteiger charge is -2.56. The summed E-state index contributed by atoms with van der Waals surface area (Å²) in [7, 11) is 1.50. The van der Waals surface area contributed by atoms with Crippen LogP contribution in [0, 0.1) is 0 Å². The Morgan fingerprint density at radius 1 is 1.25 bits per heavy atom. The fourth-order valence-corrected chi connectivity index (χ4v) is 4.09. The summed E-state index contributed by atoms with van der Waals surface area (Å²) in [6.07, 6.45) is 4.01. The summed E-state index contributed by atoms with van der Waals surface area (Å²) in [5.74, 6) is -0.213. The van der Waals surface area contributed by atoms with Crippen LogP contribution >= 0.6 is 0 Å². The number of aliphatic hydroxyl groups excluding tert-OH is 1. The van der Waals surface area contributed by atoms with Crippen LogP contribution in [0.2, 0.25) is 0 Å². The maximum atomic E-state index is 12.5. The van der Waals surface area contributed by atoms with Crippen molar-refractivity contribution in [3.8, 4) is 0 Å². The van der Waals surface area contributed by atoms with Crippen molar-refractivity contribution in [2.45, 2.75) is 51.7 Å². The highest BCUT2D eigenvalue weighted by Gasteiger charge is 2.51. The van der Waals surface area contributed by atoms with Crippen molar-refractivity contribution >= 4 is 17.9 Å². The molecule has 0 aromatic heterocycles. The minimum absolute atomic E-state index is 0.0110. The molecule has 0 radical (unpaired) electrons. The highest BCUT2D eigenvalue weighted by Crippen LogP contribution is 2.41. The van der Waals surface area contributed by atoms with Gasteiger partial charge < -0.3 is 19.6 Å². The number of nitrogens with zero attached hydrogens (tertiary/aromatic N) is 2. The molecule has 154 valence electrons. The second-order valence-corrected chi connectivity index (χ2v) is 7.51. The average molecular weight is 389 g/mol. The number of benzene rings is 1. The minimum Gasteiger partial charge on any atom is -0.394 e. The van der Waals surface area contributed by atoms with Gasteiger partial charge in [0.2, 0.25) is 11.8 Å². The van der Waals surface area contributed by atoms with Gasteiger partial charge in [-0.15, -0.1) is 0 Å². The van der Waals surface area contributed by atoms with Gasteiger partial charge in [0.1, 0.15) is 6.61 Å². The van der Waals surface area contributed by atoms with Crippen molar-refractivity contribution in [2.75, 3.05) is 26.9 Å². The fraction of sp³-hybridized carbons (Fsp3) is 0.545. The third-order valence-corrected chi connectivity index (χ3v) is 5.37. The van der Waals surface area contributed by atoms with Crippen molar-refractivity contribution in [2.24, 2.45) is 0 Å². The van der Waals surface area contributed by atoms with Crippen LogP contribution in [0.15, 0.2) is 30.3 Å². The normalized spacial score (nSPS) is 21.8. The Bertz CT molecular complexity index is 699. The first-order chi connectivity index (χ1) is 13.3. The number of hydrogen-bond acceptors (Lipinski definition) is 4. The molecule has 1 aromatic carbocycles. The molecule has 3 atom stereocenters. The summed E-state index contributed by atoms with van der Waals surface area (Å²) in [5, 5.41) is 9.92. The predicted octanol–water partition coefficient (Wildman–Crippen LogP) is 2.28. The van der Waals surface area contributed by atoms with E-state index in [1.807, 2.05) is 57.2 Å². The van der Waals surface area contributed by atoms with Gasteiger partial charge in [-0.1, -0.05) is 36.4 Å². The topological polar surface area (TPSA) is 70.1 Å². The van der Waals surface area contributed by atoms with Crippen LogP contribution in [-0.2, 0) is 14.3 Å². The smallest absolute Gasteiger partial charge is 0.248 e. The van der Waals surface area contributed by atoms with Crippen molar-refractivity contribution in [3.63, 3.8) is 0 Å². The summed E-state index contributed by atoms with van der Waals surface area (Å²) >= 11 is 0. The van der Waals surface area contributed by atoms with E-state index in [-0.39, 0.29) is 49.1 Å². The zero-order valence-corrected chi connectivity index (χ0v) is 17.5. The Morgan fingerprint density at radius 2 is 1.89 bits per heavy atom. The SMILES string of the molecule is C/C=C/c1ccc([C@H]2[C@@H](CO)N(C(C)=O)[C@@H]2CN(C(=O)COC)C(C)C)cc1. The Morgan fingerprint density at radius 3 is 2.36 bits per heavy atom. The molecule has 6 nitrogen and oxygen atoms in total. The second-order valence-electron chi connectivity index (χ2n) is 7.51. The molecule has 1 heterocycles. The third kappa shape index (κ3) is 4.62. The molecule has 1 saturated heterocycles. The molecule has 0 bridgehead atoms. The molecule has 1 fully saturated rings. The molecular weight excluding hydrogens is 356 g/mol. The number of methoxy groups -OCH3 is 1. The number of hydrogen-bond donors (Lipinski definition) is 1. The molecule has 0 saturated carbocycles. The molecule has 1 aliphatic heterocycles. The van der Waals surface area contributed by atoms with E-state index in [0.717, 1.165) is 11.1 Å². The monoisotopic (exact) mass is 388 g/mol. The van der Waals surface area contributed by atoms with Crippen LogP contribution in [0.4, 0.5) is 0 Å². The van der Waals surface area contributed by atoms with Gasteiger partial charge in [0.15, 0.2) is 0 Å². The lowest BCUT2D eigenvalue weighted by Crippen LogP contribution is -2.68. The maximum Gasteiger partial charge on any atom is 0.248 e. The third-order valence-electron chi connectivity index (χ3n) is 5.37. The molecule has 0 unspecified atom stereocenters. The van der Waals surface area contributed by atoms with Gasteiger partial charge >= 0.3 is 0 Å². The van der Waals surface area contributed by atoms with Crippen molar-refractivity contribution in [1.82, 2.24) is 9.80 Å². The molecule has 0 aliphatic carbocycles. The van der Waals surface area contributed by atoms with Crippen LogP contribution < -0.4 is 0 Å². The Kier molecular flexibility index (Phi) is 7.78. The lowest BCUT2D eigenvalue weighted by molar-refractivity contribution is -0.154. The van der Waals surface area contributed by atoms with E-state index in [9.17, 15) is 14.7 Å². The van der Waals surface area contributed by atoms with Gasteiger partial charge in [-0.2, -0.15) is 0 Å². The zero-order valence-electron chi connectivity index (χ0n) is 17.5. The number of aliphatic hydroxyl groups is 1. The molecule has 1 aliphatic rings. The van der Waals surface area contributed by atoms with Gasteiger partial charge in [0.25, 0.3) is 0 Å². The van der Waals surface area contributed by atoms with E-state index < -0.39 is 0 Å². The molecular formula is C22H32N2O4. The molecule has 1 N–H and O–H groups in total. The molecule has 2 amide bonds. The largest absolute Gasteiger partial charge is 0.394 e. The number of ether oxygens (including phenoxy) is 1. The molecule has 6 heteroatoms. The Hall–Kier alpha value is -2.18. The second kappa shape index (κ2) is 9.85. The van der Waals surface area contributed by atoms with E-state index in [4.69, 9.17) is 4.74 Å². The van der Waals surface area contributed by atoms with E-state index in [1.54, 1.807) is 9.80 Å². The molecule has 0 spiro atoms. The van der Waals surface area contributed by atoms with Crippen LogP contribution in [0.3, 0.4) is 0 Å². The highest BCUT2D eigenvalue weighted by atomic mass is 16.5. The molecule has 28 heavy (non-hydrogen) atoms. The highest BCUT2D eigenvalue weighted by molar-refractivity contribution is 5.79. The first kappa shape index (κ1) is 22.1. The summed E-state index contributed by atoms with van der Waals surface area (Å²) in [6, 6.07) is 7.70.